The largest absolute Gasteiger partial charge is 0.381 e. The fourth-order valence-electron chi connectivity index (χ4n) is 5.42. The highest BCUT2D eigenvalue weighted by Gasteiger charge is 2.44. The molecule has 2 saturated heterocycles. The van der Waals surface area contributed by atoms with Crippen molar-refractivity contribution >= 4 is 26.7 Å². The Morgan fingerprint density at radius 2 is 1.92 bits per heavy atom. The van der Waals surface area contributed by atoms with Crippen molar-refractivity contribution in [2.75, 3.05) is 51.2 Å². The summed E-state index contributed by atoms with van der Waals surface area (Å²) in [4.78, 5) is 15.6. The van der Waals surface area contributed by atoms with Gasteiger partial charge in [0.05, 0.1) is 41.7 Å². The van der Waals surface area contributed by atoms with E-state index in [4.69, 9.17) is 19.4 Å². The van der Waals surface area contributed by atoms with Gasteiger partial charge in [0, 0.05) is 38.3 Å². The van der Waals surface area contributed by atoms with Crippen molar-refractivity contribution in [2.45, 2.75) is 43.5 Å². The van der Waals surface area contributed by atoms with Crippen LogP contribution in [0.25, 0.3) is 22.4 Å². The van der Waals surface area contributed by atoms with Gasteiger partial charge in [-0.25, -0.2) is 18.4 Å². The van der Waals surface area contributed by atoms with E-state index < -0.39 is 14.6 Å². The number of pyridine rings is 2. The van der Waals surface area contributed by atoms with Crippen LogP contribution in [0, 0.1) is 0 Å². The molecule has 0 amide bonds. The van der Waals surface area contributed by atoms with E-state index in [1.807, 2.05) is 37.4 Å². The maximum Gasteiger partial charge on any atom is 0.157 e. The Balaban J connectivity index is 1.67. The topological polar surface area (TPSA) is 109 Å². The molecule has 0 unspecified atom stereocenters. The van der Waals surface area contributed by atoms with Crippen LogP contribution >= 0.6 is 0 Å². The van der Waals surface area contributed by atoms with Gasteiger partial charge in [-0.05, 0) is 62.2 Å². The molecule has 0 aromatic carbocycles. The minimum atomic E-state index is -3.43. The van der Waals surface area contributed by atoms with Crippen molar-refractivity contribution in [3.63, 3.8) is 0 Å². The lowest BCUT2D eigenvalue weighted by Gasteiger charge is -2.39. The van der Waals surface area contributed by atoms with Crippen LogP contribution in [0.5, 0.6) is 0 Å². The average Bonchev–Trinajstić information content (AvgIpc) is 3.30. The van der Waals surface area contributed by atoms with E-state index in [0.717, 1.165) is 46.8 Å². The number of sulfone groups is 1. The molecule has 36 heavy (non-hydrogen) atoms. The summed E-state index contributed by atoms with van der Waals surface area (Å²) in [6, 6.07) is 10.1. The minimum absolute atomic E-state index is 0.183. The maximum absolute atomic E-state index is 13.3. The molecule has 0 aliphatic carbocycles. The first-order valence-electron chi connectivity index (χ1n) is 12.6. The Labute approximate surface area is 212 Å². The quantitative estimate of drug-likeness (QED) is 0.496. The number of nitrogens with zero attached hydrogens (tertiary/aromatic N) is 3. The lowest BCUT2D eigenvalue weighted by atomic mass is 9.90. The fraction of sp³-hybridized carbons (Fsp3) is 0.538. The first kappa shape index (κ1) is 25.1. The van der Waals surface area contributed by atoms with Crippen molar-refractivity contribution < 1.29 is 17.9 Å². The highest BCUT2D eigenvalue weighted by Crippen LogP contribution is 2.42. The van der Waals surface area contributed by atoms with Crippen LogP contribution in [-0.4, -0.2) is 75.7 Å². The van der Waals surface area contributed by atoms with Gasteiger partial charge in [-0.1, -0.05) is 6.92 Å². The van der Waals surface area contributed by atoms with Gasteiger partial charge in [0.25, 0.3) is 0 Å². The number of anilines is 1. The fourth-order valence-corrected chi connectivity index (χ4v) is 6.87. The summed E-state index contributed by atoms with van der Waals surface area (Å²) < 4.78 is 36.8. The number of aromatic nitrogens is 3. The van der Waals surface area contributed by atoms with E-state index >= 15 is 0 Å². The number of aromatic amines is 1. The molecule has 0 bridgehead atoms. The molecular weight excluding hydrogens is 478 g/mol. The molecule has 10 heteroatoms. The summed E-state index contributed by atoms with van der Waals surface area (Å²) in [6.45, 7) is 5.64. The van der Waals surface area contributed by atoms with Crippen LogP contribution in [0.2, 0.25) is 0 Å². The third kappa shape index (κ3) is 4.63. The lowest BCUT2D eigenvalue weighted by molar-refractivity contribution is 0.0741. The third-order valence-corrected chi connectivity index (χ3v) is 9.57. The van der Waals surface area contributed by atoms with Gasteiger partial charge >= 0.3 is 0 Å². The molecular formula is C26H35N5O4S. The number of fused-ring (bicyclic) bond motifs is 1. The first-order valence-corrected chi connectivity index (χ1v) is 14.5. The van der Waals surface area contributed by atoms with Gasteiger partial charge in [0.1, 0.15) is 10.6 Å². The van der Waals surface area contributed by atoms with E-state index in [1.165, 1.54) is 6.26 Å². The molecule has 1 atom stereocenters. The molecule has 2 aliphatic heterocycles. The maximum atomic E-state index is 13.3. The van der Waals surface area contributed by atoms with Crippen molar-refractivity contribution in [3.05, 3.63) is 41.6 Å². The van der Waals surface area contributed by atoms with E-state index in [1.54, 1.807) is 0 Å². The summed E-state index contributed by atoms with van der Waals surface area (Å²) in [6.07, 6.45) is 3.10. The van der Waals surface area contributed by atoms with Gasteiger partial charge in [0.2, 0.25) is 0 Å². The normalized spacial score (nSPS) is 20.6. The monoisotopic (exact) mass is 513 g/mol. The number of hydrogen-bond donors (Lipinski definition) is 2. The highest BCUT2D eigenvalue weighted by molar-refractivity contribution is 7.91. The SMILES string of the molecule is CC[C@H]1COCCN1c1cc(C2(S(C)(=O)=O)CCOCC2)cc(-c2ccc3[nH]c(CNC)cc3n2)n1. The Hall–Kier alpha value is -2.53. The molecule has 3 aromatic heterocycles. The Bertz CT molecular complexity index is 1330. The first-order chi connectivity index (χ1) is 17.3. The zero-order valence-electron chi connectivity index (χ0n) is 21.2. The van der Waals surface area contributed by atoms with E-state index in [2.05, 4.69) is 22.1 Å². The molecule has 3 aromatic rings. The van der Waals surface area contributed by atoms with Crippen LogP contribution in [0.3, 0.4) is 0 Å². The molecule has 2 N–H and O–H groups in total. The van der Waals surface area contributed by atoms with Crippen molar-refractivity contribution in [1.82, 2.24) is 20.3 Å². The Morgan fingerprint density at radius 1 is 1.11 bits per heavy atom. The predicted molar refractivity (Wildman–Crippen MR) is 141 cm³/mol. The number of nitrogens with one attached hydrogen (secondary N) is 2. The Morgan fingerprint density at radius 3 is 2.64 bits per heavy atom. The highest BCUT2D eigenvalue weighted by atomic mass is 32.2. The van der Waals surface area contributed by atoms with Crippen LogP contribution in [0.4, 0.5) is 5.82 Å². The Kier molecular flexibility index (Phi) is 7.04. The lowest BCUT2D eigenvalue weighted by Crippen LogP contribution is -2.46. The summed E-state index contributed by atoms with van der Waals surface area (Å²) in [5.41, 5.74) is 5.03. The molecule has 194 valence electrons. The van der Waals surface area contributed by atoms with Crippen molar-refractivity contribution in [3.8, 4) is 11.4 Å². The molecule has 2 aliphatic rings. The zero-order valence-corrected chi connectivity index (χ0v) is 22.0. The molecule has 0 saturated carbocycles. The third-order valence-electron chi connectivity index (χ3n) is 7.50. The van der Waals surface area contributed by atoms with Crippen LogP contribution in [0.15, 0.2) is 30.3 Å². The average molecular weight is 514 g/mol. The van der Waals surface area contributed by atoms with Gasteiger partial charge < -0.3 is 24.7 Å². The van der Waals surface area contributed by atoms with Gasteiger partial charge in [-0.2, -0.15) is 0 Å². The molecule has 2 fully saturated rings. The minimum Gasteiger partial charge on any atom is -0.381 e. The number of hydrogen-bond acceptors (Lipinski definition) is 8. The van der Waals surface area contributed by atoms with E-state index in [0.29, 0.717) is 51.5 Å². The molecule has 0 spiro atoms. The summed E-state index contributed by atoms with van der Waals surface area (Å²) in [7, 11) is -1.52. The van der Waals surface area contributed by atoms with Crippen molar-refractivity contribution in [2.24, 2.45) is 0 Å². The van der Waals surface area contributed by atoms with E-state index in [9.17, 15) is 8.42 Å². The van der Waals surface area contributed by atoms with Crippen LogP contribution in [0.1, 0.15) is 37.4 Å². The molecule has 5 heterocycles. The summed E-state index contributed by atoms with van der Waals surface area (Å²) >= 11 is 0. The smallest absolute Gasteiger partial charge is 0.157 e. The van der Waals surface area contributed by atoms with Crippen LogP contribution < -0.4 is 10.2 Å². The second kappa shape index (κ2) is 10.1. The number of morpholine rings is 1. The summed E-state index contributed by atoms with van der Waals surface area (Å²) in [5.74, 6) is 0.777. The number of rotatable bonds is 7. The van der Waals surface area contributed by atoms with Gasteiger partial charge in [-0.15, -0.1) is 0 Å². The van der Waals surface area contributed by atoms with Crippen molar-refractivity contribution in [1.29, 1.82) is 0 Å². The van der Waals surface area contributed by atoms with Crippen LogP contribution in [-0.2, 0) is 30.6 Å². The second-order valence-electron chi connectivity index (χ2n) is 9.76. The second-order valence-corrected chi connectivity index (χ2v) is 12.1. The van der Waals surface area contributed by atoms with Gasteiger partial charge in [-0.3, -0.25) is 0 Å². The molecule has 5 rings (SSSR count). The molecule has 0 radical (unpaired) electrons. The molecule has 9 nitrogen and oxygen atoms in total. The zero-order chi connectivity index (χ0) is 25.3. The number of ether oxygens (including phenoxy) is 2. The number of H-pyrrole nitrogens is 1. The van der Waals surface area contributed by atoms with E-state index in [-0.39, 0.29) is 6.04 Å². The predicted octanol–water partition coefficient (Wildman–Crippen LogP) is 3.01. The van der Waals surface area contributed by atoms with Gasteiger partial charge in [0.15, 0.2) is 9.84 Å². The standard InChI is InChI=1S/C26H35N5O4S/c1-4-20-17-35-12-9-31(20)25-14-18(26(36(3,32)33)7-10-34-11-8-26)13-23(30-25)22-6-5-21-24(29-22)15-19(28-21)16-27-2/h5-6,13-15,20,27-28H,4,7-12,16-17H2,1-3H3/t20-/m0/s1. The summed E-state index contributed by atoms with van der Waals surface area (Å²) in [5, 5.41) is 3.15.